The molecule has 0 bridgehead atoms. The number of carbonyl (C=O) groups excluding carboxylic acids is 3. The van der Waals surface area contributed by atoms with Gasteiger partial charge in [0.15, 0.2) is 6.10 Å². The standard InChI is InChI=1S/C66H113O11P/c1-4-7-10-13-16-19-22-25-27-29-31-33-35-38-40-43-46-49-52-55-64(68)73-59-63(77-66(70)57-54-51-48-45-42-39-36-34-32-30-28-26-23-20-17-14-11-8-5-2)61-75-78(71,72)74-60-62(58-67)76-65(69)56-53-50-47-44-41-37-24-21-18-15-12-9-6-3/h7,10,16-17,19-20,25-28,31-34,38,40,62-63,67H,4-6,8-9,11-15,18,21-24,29-30,35-37,39,41-61H2,1-3H3,(H,71,72)/b10-7-,19-16-,20-17-,27-25-,28-26-,33-31-,34-32-,40-38-. The molecule has 0 rings (SSSR count). The van der Waals surface area contributed by atoms with E-state index < -0.39 is 57.8 Å². The van der Waals surface area contributed by atoms with Gasteiger partial charge in [-0.15, -0.1) is 0 Å². The fraction of sp³-hybridized carbons (Fsp3) is 0.712. The predicted molar refractivity (Wildman–Crippen MR) is 325 cm³/mol. The largest absolute Gasteiger partial charge is 0.472 e. The van der Waals surface area contributed by atoms with Crippen molar-refractivity contribution in [3.8, 4) is 0 Å². The molecule has 0 aliphatic carbocycles. The summed E-state index contributed by atoms with van der Waals surface area (Å²) in [6.07, 6.45) is 70.7. The molecule has 2 N–H and O–H groups in total. The summed E-state index contributed by atoms with van der Waals surface area (Å²) in [5.41, 5.74) is 0. The highest BCUT2D eigenvalue weighted by Crippen LogP contribution is 2.43. The van der Waals surface area contributed by atoms with Crippen LogP contribution in [0.3, 0.4) is 0 Å². The van der Waals surface area contributed by atoms with Gasteiger partial charge in [-0.05, 0) is 103 Å². The van der Waals surface area contributed by atoms with Crippen molar-refractivity contribution in [1.29, 1.82) is 0 Å². The van der Waals surface area contributed by atoms with Crippen LogP contribution in [0.4, 0.5) is 0 Å². The highest BCUT2D eigenvalue weighted by atomic mass is 31.2. The Morgan fingerprint density at radius 1 is 0.372 bits per heavy atom. The van der Waals surface area contributed by atoms with Gasteiger partial charge in [-0.25, -0.2) is 4.57 Å². The smallest absolute Gasteiger partial charge is 0.462 e. The minimum atomic E-state index is -4.77. The van der Waals surface area contributed by atoms with Crippen LogP contribution in [0.25, 0.3) is 0 Å². The molecule has 0 aromatic heterocycles. The third-order valence-corrected chi connectivity index (χ3v) is 13.9. The van der Waals surface area contributed by atoms with Gasteiger partial charge >= 0.3 is 25.7 Å². The zero-order chi connectivity index (χ0) is 56.9. The Morgan fingerprint density at radius 2 is 0.667 bits per heavy atom. The van der Waals surface area contributed by atoms with Crippen molar-refractivity contribution < 1.29 is 52.2 Å². The molecular formula is C66H113O11P. The molecule has 0 aliphatic rings. The lowest BCUT2D eigenvalue weighted by Gasteiger charge is -2.21. The summed E-state index contributed by atoms with van der Waals surface area (Å²) in [4.78, 5) is 48.7. The Hall–Kier alpha value is -3.60. The Morgan fingerprint density at radius 3 is 1.06 bits per heavy atom. The maximum absolute atomic E-state index is 12.9. The Bertz CT molecular complexity index is 1680. The van der Waals surface area contributed by atoms with Gasteiger partial charge < -0.3 is 24.2 Å². The first-order chi connectivity index (χ1) is 38.2. The average Bonchev–Trinajstić information content (AvgIpc) is 3.43. The lowest BCUT2D eigenvalue weighted by molar-refractivity contribution is -0.161. The molecule has 0 fully saturated rings. The van der Waals surface area contributed by atoms with E-state index in [1.54, 1.807) is 0 Å². The maximum Gasteiger partial charge on any atom is 0.472 e. The van der Waals surface area contributed by atoms with E-state index in [4.69, 9.17) is 23.3 Å². The molecule has 0 aromatic rings. The van der Waals surface area contributed by atoms with E-state index in [0.29, 0.717) is 19.3 Å². The van der Waals surface area contributed by atoms with Crippen LogP contribution < -0.4 is 0 Å². The molecule has 0 aromatic carbocycles. The van der Waals surface area contributed by atoms with Crippen molar-refractivity contribution in [2.24, 2.45) is 0 Å². The van der Waals surface area contributed by atoms with Gasteiger partial charge in [-0.2, -0.15) is 0 Å². The van der Waals surface area contributed by atoms with Gasteiger partial charge in [-0.1, -0.05) is 240 Å². The zero-order valence-electron chi connectivity index (χ0n) is 49.6. The lowest BCUT2D eigenvalue weighted by Crippen LogP contribution is -2.30. The number of allylic oxidation sites excluding steroid dienone is 16. The maximum atomic E-state index is 12.9. The summed E-state index contributed by atoms with van der Waals surface area (Å²) < 4.78 is 39.6. The topological polar surface area (TPSA) is 155 Å². The van der Waals surface area contributed by atoms with Gasteiger partial charge in [0.25, 0.3) is 0 Å². The van der Waals surface area contributed by atoms with Crippen LogP contribution in [0.15, 0.2) is 97.2 Å². The van der Waals surface area contributed by atoms with Crippen LogP contribution >= 0.6 is 7.82 Å². The number of carbonyl (C=O) groups is 3. The van der Waals surface area contributed by atoms with Gasteiger partial charge in [0, 0.05) is 19.3 Å². The van der Waals surface area contributed by atoms with Crippen molar-refractivity contribution in [2.75, 3.05) is 26.4 Å². The van der Waals surface area contributed by atoms with Crippen LogP contribution in [0, 0.1) is 0 Å². The summed E-state index contributed by atoms with van der Waals surface area (Å²) in [6, 6.07) is 0. The van der Waals surface area contributed by atoms with Crippen molar-refractivity contribution in [2.45, 2.75) is 277 Å². The molecule has 0 saturated heterocycles. The van der Waals surface area contributed by atoms with Crippen molar-refractivity contribution in [1.82, 2.24) is 0 Å². The molecule has 0 aliphatic heterocycles. The number of aliphatic hydroxyl groups is 1. The third kappa shape index (κ3) is 57.1. The van der Waals surface area contributed by atoms with Crippen LogP contribution in [-0.4, -0.2) is 66.5 Å². The molecule has 11 nitrogen and oxygen atoms in total. The molecule has 448 valence electrons. The number of rotatable bonds is 57. The first kappa shape index (κ1) is 74.4. The van der Waals surface area contributed by atoms with Crippen molar-refractivity contribution in [3.05, 3.63) is 97.2 Å². The van der Waals surface area contributed by atoms with Crippen molar-refractivity contribution >= 4 is 25.7 Å². The van der Waals surface area contributed by atoms with Crippen LogP contribution in [-0.2, 0) is 42.2 Å². The molecule has 78 heavy (non-hydrogen) atoms. The fourth-order valence-corrected chi connectivity index (χ4v) is 9.06. The molecule has 0 amide bonds. The Kier molecular flexibility index (Phi) is 56.8. The van der Waals surface area contributed by atoms with Crippen LogP contribution in [0.5, 0.6) is 0 Å². The molecule has 3 atom stereocenters. The normalized spacial score (nSPS) is 14.0. The molecular weight excluding hydrogens is 1000 g/mol. The molecule has 0 heterocycles. The number of ether oxygens (including phenoxy) is 3. The second-order valence-corrected chi connectivity index (χ2v) is 21.9. The van der Waals surface area contributed by atoms with Crippen molar-refractivity contribution in [3.63, 3.8) is 0 Å². The summed E-state index contributed by atoms with van der Waals surface area (Å²) in [7, 11) is -4.77. The first-order valence-corrected chi connectivity index (χ1v) is 32.6. The highest BCUT2D eigenvalue weighted by molar-refractivity contribution is 7.47. The quantitative estimate of drug-likeness (QED) is 0.0197. The predicted octanol–water partition coefficient (Wildman–Crippen LogP) is 18.8. The van der Waals surface area contributed by atoms with Crippen LogP contribution in [0.2, 0.25) is 0 Å². The number of unbranched alkanes of at least 4 members (excludes halogenated alkanes) is 24. The highest BCUT2D eigenvalue weighted by Gasteiger charge is 2.28. The third-order valence-electron chi connectivity index (χ3n) is 13.0. The van der Waals surface area contributed by atoms with E-state index in [-0.39, 0.29) is 25.9 Å². The van der Waals surface area contributed by atoms with E-state index in [2.05, 4.69) is 118 Å². The van der Waals surface area contributed by atoms with Gasteiger partial charge in [0.05, 0.1) is 19.8 Å². The molecule has 0 spiro atoms. The monoisotopic (exact) mass is 1110 g/mol. The number of phosphoric ester groups is 1. The fourth-order valence-electron chi connectivity index (χ4n) is 8.27. The van der Waals surface area contributed by atoms with E-state index >= 15 is 0 Å². The van der Waals surface area contributed by atoms with Gasteiger partial charge in [0.1, 0.15) is 12.7 Å². The second-order valence-electron chi connectivity index (χ2n) is 20.5. The van der Waals surface area contributed by atoms with Gasteiger partial charge in [0.2, 0.25) is 0 Å². The Labute approximate surface area is 476 Å². The number of phosphoric acid groups is 1. The first-order valence-electron chi connectivity index (χ1n) is 31.1. The second kappa shape index (κ2) is 59.5. The minimum absolute atomic E-state index is 0.142. The summed E-state index contributed by atoms with van der Waals surface area (Å²) >= 11 is 0. The van der Waals surface area contributed by atoms with E-state index in [9.17, 15) is 28.9 Å². The van der Waals surface area contributed by atoms with Crippen LogP contribution in [0.1, 0.15) is 265 Å². The van der Waals surface area contributed by atoms with E-state index in [1.165, 1.54) is 83.5 Å². The molecule has 12 heteroatoms. The van der Waals surface area contributed by atoms with E-state index in [1.807, 2.05) is 0 Å². The number of hydrogen-bond donors (Lipinski definition) is 2. The molecule has 0 saturated carbocycles. The summed E-state index contributed by atoms with van der Waals surface area (Å²) in [6.45, 7) is 4.47. The molecule has 3 unspecified atom stereocenters. The minimum Gasteiger partial charge on any atom is -0.462 e. The average molecular weight is 1110 g/mol. The number of esters is 3. The van der Waals surface area contributed by atoms with Gasteiger partial charge in [-0.3, -0.25) is 23.4 Å². The Balaban J connectivity index is 4.80. The SMILES string of the molecule is CC/C=C\C/C=C\C/C=C\C/C=C\C/C=C\CCCCCC(=O)OCC(COP(=O)(O)OCC(CO)OC(=O)CCCCCCCCCCCCCCC)OC(=O)CCCCCCCC/C=C\C/C=C\C/C=C\CCCCC. The summed E-state index contributed by atoms with van der Waals surface area (Å²) in [5, 5.41) is 9.83. The molecule has 0 radical (unpaired) electrons. The lowest BCUT2D eigenvalue weighted by atomic mass is 10.0. The number of aliphatic hydroxyl groups excluding tert-OH is 1. The zero-order valence-corrected chi connectivity index (χ0v) is 50.5. The number of hydrogen-bond acceptors (Lipinski definition) is 10. The summed E-state index contributed by atoms with van der Waals surface area (Å²) in [5.74, 6) is -1.52. The van der Waals surface area contributed by atoms with E-state index in [0.717, 1.165) is 122 Å².